The number of ether oxygens (including phenoxy) is 2. The zero-order valence-corrected chi connectivity index (χ0v) is 17.7. The second kappa shape index (κ2) is 10.3. The molecule has 0 aromatic carbocycles. The van der Waals surface area contributed by atoms with Gasteiger partial charge in [-0.2, -0.15) is 0 Å². The fourth-order valence-electron chi connectivity index (χ4n) is 4.33. The maximum absolute atomic E-state index is 12.4. The maximum atomic E-state index is 12.4. The van der Waals surface area contributed by atoms with Crippen molar-refractivity contribution in [3.05, 3.63) is 0 Å². The Morgan fingerprint density at radius 3 is 2.19 bits per heavy atom. The van der Waals surface area contributed by atoms with Crippen LogP contribution in [-0.4, -0.2) is 39.2 Å². The molecular weight excluding hydrogens is 330 g/mol. The maximum Gasteiger partial charge on any atom is 0.311 e. The van der Waals surface area contributed by atoms with Crippen molar-refractivity contribution in [1.29, 1.82) is 0 Å². The van der Waals surface area contributed by atoms with Crippen LogP contribution >= 0.6 is 0 Å². The third kappa shape index (κ3) is 6.90. The van der Waals surface area contributed by atoms with E-state index >= 15 is 0 Å². The van der Waals surface area contributed by atoms with Gasteiger partial charge in [0.05, 0.1) is 19.6 Å². The summed E-state index contributed by atoms with van der Waals surface area (Å²) in [4.78, 5) is 23.8. The number of hydrogen-bond donors (Lipinski definition) is 1. The minimum absolute atomic E-state index is 0.107. The highest BCUT2D eigenvalue weighted by atomic mass is 16.5. The van der Waals surface area contributed by atoms with Gasteiger partial charge in [0.2, 0.25) is 0 Å². The van der Waals surface area contributed by atoms with E-state index < -0.39 is 5.41 Å². The zero-order valence-electron chi connectivity index (χ0n) is 17.7. The van der Waals surface area contributed by atoms with E-state index in [0.29, 0.717) is 18.3 Å². The molecule has 152 valence electrons. The number of carbonyl (C=O) groups is 2. The molecule has 0 aromatic rings. The van der Waals surface area contributed by atoms with Crippen LogP contribution in [0.25, 0.3) is 0 Å². The molecule has 0 aromatic heterocycles. The van der Waals surface area contributed by atoms with Crippen LogP contribution < -0.4 is 5.32 Å². The monoisotopic (exact) mass is 369 g/mol. The van der Waals surface area contributed by atoms with Crippen molar-refractivity contribution >= 4 is 11.9 Å². The lowest BCUT2D eigenvalue weighted by Crippen LogP contribution is -2.42. The van der Waals surface area contributed by atoms with Gasteiger partial charge in [-0.1, -0.05) is 13.8 Å². The summed E-state index contributed by atoms with van der Waals surface area (Å²) in [5, 5.41) is 3.42. The van der Waals surface area contributed by atoms with Gasteiger partial charge in [-0.15, -0.1) is 0 Å². The highest BCUT2D eigenvalue weighted by molar-refractivity contribution is 5.76. The van der Waals surface area contributed by atoms with Gasteiger partial charge in [-0.25, -0.2) is 0 Å². The Bertz CT molecular complexity index is 453. The molecule has 1 atom stereocenters. The summed E-state index contributed by atoms with van der Waals surface area (Å²) in [7, 11) is 2.92. The summed E-state index contributed by atoms with van der Waals surface area (Å²) >= 11 is 0. The van der Waals surface area contributed by atoms with Crippen LogP contribution in [0.3, 0.4) is 0 Å². The van der Waals surface area contributed by atoms with Crippen molar-refractivity contribution in [3.8, 4) is 0 Å². The highest BCUT2D eigenvalue weighted by Gasteiger charge is 2.42. The van der Waals surface area contributed by atoms with E-state index in [2.05, 4.69) is 19.2 Å². The number of hydrogen-bond acceptors (Lipinski definition) is 5. The van der Waals surface area contributed by atoms with Gasteiger partial charge in [0.1, 0.15) is 0 Å². The van der Waals surface area contributed by atoms with Crippen LogP contribution in [0.1, 0.15) is 72.6 Å². The Labute approximate surface area is 159 Å². The summed E-state index contributed by atoms with van der Waals surface area (Å²) in [5.41, 5.74) is -0.329. The van der Waals surface area contributed by atoms with Gasteiger partial charge in [0, 0.05) is 6.42 Å². The Kier molecular flexibility index (Phi) is 9.08. The number of esters is 2. The molecule has 0 aliphatic carbocycles. The van der Waals surface area contributed by atoms with Crippen LogP contribution in [0.4, 0.5) is 0 Å². The van der Waals surface area contributed by atoms with E-state index in [-0.39, 0.29) is 17.4 Å². The van der Waals surface area contributed by atoms with Crippen molar-refractivity contribution in [2.24, 2.45) is 22.7 Å². The Morgan fingerprint density at radius 1 is 1.04 bits per heavy atom. The van der Waals surface area contributed by atoms with Crippen LogP contribution in [0, 0.1) is 22.7 Å². The van der Waals surface area contributed by atoms with Gasteiger partial charge in [0.25, 0.3) is 0 Å². The van der Waals surface area contributed by atoms with Crippen molar-refractivity contribution in [2.45, 2.75) is 72.6 Å². The summed E-state index contributed by atoms with van der Waals surface area (Å²) in [6.45, 7) is 10.7. The topological polar surface area (TPSA) is 64.6 Å². The normalized spacial score (nSPS) is 17.6. The van der Waals surface area contributed by atoms with E-state index in [1.165, 1.54) is 14.2 Å². The third-order valence-corrected chi connectivity index (χ3v) is 6.19. The molecule has 0 saturated carbocycles. The second-order valence-corrected chi connectivity index (χ2v) is 9.04. The molecule has 26 heavy (non-hydrogen) atoms. The Morgan fingerprint density at radius 2 is 1.65 bits per heavy atom. The predicted octanol–water partition coefficient (Wildman–Crippen LogP) is 3.95. The molecule has 1 saturated heterocycles. The number of rotatable bonds is 10. The van der Waals surface area contributed by atoms with Gasteiger partial charge in [-0.3, -0.25) is 9.59 Å². The van der Waals surface area contributed by atoms with Crippen LogP contribution in [0.5, 0.6) is 0 Å². The first-order valence-corrected chi connectivity index (χ1v) is 10.00. The summed E-state index contributed by atoms with van der Waals surface area (Å²) in [6, 6.07) is 0. The van der Waals surface area contributed by atoms with E-state index in [1.54, 1.807) is 0 Å². The van der Waals surface area contributed by atoms with Gasteiger partial charge < -0.3 is 14.8 Å². The molecular formula is C21H39NO4. The molecule has 1 N–H and O–H groups in total. The SMILES string of the molecule is COC(=O)CCCC(C)(C)CCC(C1CCNCC1)C(C)(C)C(=O)OC. The first kappa shape index (κ1) is 22.9. The molecule has 1 aliphatic heterocycles. The largest absolute Gasteiger partial charge is 0.469 e. The van der Waals surface area contributed by atoms with Gasteiger partial charge >= 0.3 is 11.9 Å². The quantitative estimate of drug-likeness (QED) is 0.591. The third-order valence-electron chi connectivity index (χ3n) is 6.19. The number of piperidine rings is 1. The Hall–Kier alpha value is -1.10. The molecule has 1 aliphatic rings. The molecule has 1 fully saturated rings. The van der Waals surface area contributed by atoms with E-state index in [4.69, 9.17) is 9.47 Å². The zero-order chi connectivity index (χ0) is 19.8. The molecule has 1 rings (SSSR count). The average molecular weight is 370 g/mol. The predicted molar refractivity (Wildman–Crippen MR) is 104 cm³/mol. The minimum atomic E-state index is -0.473. The fourth-order valence-corrected chi connectivity index (χ4v) is 4.33. The molecule has 5 nitrogen and oxygen atoms in total. The first-order chi connectivity index (χ1) is 12.1. The molecule has 5 heteroatoms. The molecule has 0 spiro atoms. The van der Waals surface area contributed by atoms with Crippen molar-refractivity contribution in [2.75, 3.05) is 27.3 Å². The lowest BCUT2D eigenvalue weighted by Gasteiger charge is -2.41. The lowest BCUT2D eigenvalue weighted by atomic mass is 9.65. The summed E-state index contributed by atoms with van der Waals surface area (Å²) < 4.78 is 9.85. The number of nitrogens with one attached hydrogen (secondary N) is 1. The molecule has 0 bridgehead atoms. The molecule has 1 heterocycles. The highest BCUT2D eigenvalue weighted by Crippen LogP contribution is 2.43. The van der Waals surface area contributed by atoms with Crippen LogP contribution in [0.15, 0.2) is 0 Å². The van der Waals surface area contributed by atoms with Crippen LogP contribution in [0.2, 0.25) is 0 Å². The van der Waals surface area contributed by atoms with E-state index in [0.717, 1.165) is 51.6 Å². The van der Waals surface area contributed by atoms with Crippen molar-refractivity contribution in [1.82, 2.24) is 5.32 Å². The van der Waals surface area contributed by atoms with Gasteiger partial charge in [0.15, 0.2) is 0 Å². The van der Waals surface area contributed by atoms with Crippen molar-refractivity contribution in [3.63, 3.8) is 0 Å². The molecule has 0 radical (unpaired) electrons. The van der Waals surface area contributed by atoms with Crippen molar-refractivity contribution < 1.29 is 19.1 Å². The first-order valence-electron chi connectivity index (χ1n) is 10.00. The fraction of sp³-hybridized carbons (Fsp3) is 0.905. The Balaban J connectivity index is 2.72. The van der Waals surface area contributed by atoms with E-state index in [1.807, 2.05) is 13.8 Å². The van der Waals surface area contributed by atoms with E-state index in [9.17, 15) is 9.59 Å². The minimum Gasteiger partial charge on any atom is -0.469 e. The molecule has 1 unspecified atom stereocenters. The second-order valence-electron chi connectivity index (χ2n) is 9.04. The standard InChI is InChI=1S/C21H39NO4/c1-20(2,12-7-8-18(23)25-5)13-9-17(16-10-14-22-15-11-16)21(3,4)19(24)26-6/h16-17,22H,7-15H2,1-6H3. The average Bonchev–Trinajstić information content (AvgIpc) is 2.61. The van der Waals surface area contributed by atoms with Crippen LogP contribution in [-0.2, 0) is 19.1 Å². The summed E-state index contributed by atoms with van der Waals surface area (Å²) in [5.74, 6) is 0.623. The smallest absolute Gasteiger partial charge is 0.311 e. The lowest BCUT2D eigenvalue weighted by molar-refractivity contribution is -0.156. The molecule has 0 amide bonds. The summed E-state index contributed by atoms with van der Waals surface area (Å²) in [6.07, 6.45) is 6.60. The van der Waals surface area contributed by atoms with Gasteiger partial charge in [-0.05, 0) is 82.7 Å². The number of methoxy groups -OCH3 is 2. The number of carbonyl (C=O) groups excluding carboxylic acids is 2.